The lowest BCUT2D eigenvalue weighted by Crippen LogP contribution is -2.58. The van der Waals surface area contributed by atoms with E-state index in [9.17, 15) is 9.59 Å². The van der Waals surface area contributed by atoms with Crippen molar-refractivity contribution in [3.63, 3.8) is 0 Å². The highest BCUT2D eigenvalue weighted by atomic mass is 16.2. The molecule has 0 spiro atoms. The van der Waals surface area contributed by atoms with Crippen LogP contribution >= 0.6 is 0 Å². The zero-order valence-corrected chi connectivity index (χ0v) is 14.8. The second-order valence-corrected chi connectivity index (χ2v) is 6.36. The molecule has 1 atom stereocenters. The second-order valence-electron chi connectivity index (χ2n) is 6.36. The molecule has 0 saturated carbocycles. The average molecular weight is 340 g/mol. The maximum atomic E-state index is 12.7. The van der Waals surface area contributed by atoms with Gasteiger partial charge in [0.25, 0.3) is 0 Å². The molecule has 132 valence electrons. The van der Waals surface area contributed by atoms with E-state index in [4.69, 9.17) is 0 Å². The van der Waals surface area contributed by atoms with E-state index in [1.807, 2.05) is 54.2 Å². The average Bonchev–Trinajstić information content (AvgIpc) is 3.09. The first-order chi connectivity index (χ1) is 12.1. The number of amides is 2. The van der Waals surface area contributed by atoms with E-state index < -0.39 is 6.04 Å². The van der Waals surface area contributed by atoms with Crippen LogP contribution in [0.25, 0.3) is 0 Å². The molecule has 0 N–H and O–H groups in total. The number of nitrogens with zero attached hydrogens (tertiary/aromatic N) is 4. The number of piperazine rings is 1. The number of aromatic nitrogens is 2. The van der Waals surface area contributed by atoms with Crippen LogP contribution in [0.5, 0.6) is 0 Å². The summed E-state index contributed by atoms with van der Waals surface area (Å²) in [5.74, 6) is -0.0170. The maximum Gasteiger partial charge on any atom is 0.245 e. The summed E-state index contributed by atoms with van der Waals surface area (Å²) in [4.78, 5) is 28.5. The molecule has 1 aromatic heterocycles. The molecule has 2 heterocycles. The number of benzene rings is 1. The number of aryl methyl sites for hydroxylation is 1. The van der Waals surface area contributed by atoms with Crippen LogP contribution in [0.3, 0.4) is 0 Å². The maximum absolute atomic E-state index is 12.7. The van der Waals surface area contributed by atoms with Gasteiger partial charge in [-0.25, -0.2) is 0 Å². The third-order valence-electron chi connectivity index (χ3n) is 4.65. The van der Waals surface area contributed by atoms with Crippen molar-refractivity contribution in [2.24, 2.45) is 0 Å². The summed E-state index contributed by atoms with van der Waals surface area (Å²) in [7, 11) is 0. The Morgan fingerprint density at radius 3 is 2.60 bits per heavy atom. The molecule has 2 amide bonds. The lowest BCUT2D eigenvalue weighted by atomic mass is 10.1. The predicted molar refractivity (Wildman–Crippen MR) is 94.6 cm³/mol. The first-order valence-electron chi connectivity index (χ1n) is 8.73. The van der Waals surface area contributed by atoms with Gasteiger partial charge in [0.2, 0.25) is 11.8 Å². The van der Waals surface area contributed by atoms with E-state index in [-0.39, 0.29) is 18.4 Å². The predicted octanol–water partition coefficient (Wildman–Crippen LogP) is 1.70. The van der Waals surface area contributed by atoms with E-state index in [2.05, 4.69) is 5.10 Å². The number of rotatable bonds is 6. The fraction of sp³-hybridized carbons (Fsp3) is 0.421. The van der Waals surface area contributed by atoms with Crippen LogP contribution in [-0.4, -0.2) is 50.5 Å². The summed E-state index contributed by atoms with van der Waals surface area (Å²) < 4.78 is 1.82. The molecule has 1 saturated heterocycles. The molecule has 0 aliphatic carbocycles. The molecule has 1 fully saturated rings. The Hall–Kier alpha value is -2.63. The van der Waals surface area contributed by atoms with Gasteiger partial charge < -0.3 is 9.80 Å². The van der Waals surface area contributed by atoms with Crippen molar-refractivity contribution in [2.75, 3.05) is 13.1 Å². The van der Waals surface area contributed by atoms with Crippen LogP contribution in [0, 0.1) is 0 Å². The highest BCUT2D eigenvalue weighted by Crippen LogP contribution is 2.16. The lowest BCUT2D eigenvalue weighted by molar-refractivity contribution is -0.155. The van der Waals surface area contributed by atoms with Crippen LogP contribution in [0.1, 0.15) is 25.1 Å². The summed E-state index contributed by atoms with van der Waals surface area (Å²) >= 11 is 0. The highest BCUT2D eigenvalue weighted by Gasteiger charge is 2.36. The molecular formula is C19H24N4O2. The monoisotopic (exact) mass is 340 g/mol. The highest BCUT2D eigenvalue weighted by molar-refractivity contribution is 5.94. The van der Waals surface area contributed by atoms with Gasteiger partial charge in [-0.2, -0.15) is 5.10 Å². The number of carbonyl (C=O) groups is 2. The van der Waals surface area contributed by atoms with E-state index in [1.165, 1.54) is 5.56 Å². The Morgan fingerprint density at radius 2 is 1.92 bits per heavy atom. The van der Waals surface area contributed by atoms with Gasteiger partial charge in [0.1, 0.15) is 6.04 Å². The molecule has 1 aliphatic rings. The SMILES string of the molecule is CCn1ccc(CN2C(=O)CN(CCc3ccccc3)C(=O)[C@H]2C)n1. The number of hydrogen-bond donors (Lipinski definition) is 0. The summed E-state index contributed by atoms with van der Waals surface area (Å²) in [5, 5.41) is 4.41. The molecule has 0 unspecified atom stereocenters. The fourth-order valence-electron chi connectivity index (χ4n) is 3.11. The van der Waals surface area contributed by atoms with Gasteiger partial charge in [0, 0.05) is 19.3 Å². The summed E-state index contributed by atoms with van der Waals surface area (Å²) in [6, 6.07) is 11.5. The Morgan fingerprint density at radius 1 is 1.16 bits per heavy atom. The summed E-state index contributed by atoms with van der Waals surface area (Å²) in [6.45, 7) is 5.69. The molecule has 0 radical (unpaired) electrons. The Bertz CT molecular complexity index is 741. The van der Waals surface area contributed by atoms with Gasteiger partial charge in [0.15, 0.2) is 0 Å². The minimum Gasteiger partial charge on any atom is -0.331 e. The summed E-state index contributed by atoms with van der Waals surface area (Å²) in [5.41, 5.74) is 1.98. The first kappa shape index (κ1) is 17.2. The third kappa shape index (κ3) is 3.90. The minimum atomic E-state index is -0.455. The summed E-state index contributed by atoms with van der Waals surface area (Å²) in [6.07, 6.45) is 2.65. The standard InChI is InChI=1S/C19H24N4O2/c1-3-22-12-10-17(20-22)13-23-15(2)19(25)21(14-18(23)24)11-9-16-7-5-4-6-8-16/h4-8,10,12,15H,3,9,11,13-14H2,1-2H3/t15-/m1/s1. The molecule has 6 nitrogen and oxygen atoms in total. The smallest absolute Gasteiger partial charge is 0.245 e. The van der Waals surface area contributed by atoms with Crippen LogP contribution in [0.15, 0.2) is 42.6 Å². The molecule has 0 bridgehead atoms. The number of hydrogen-bond acceptors (Lipinski definition) is 3. The van der Waals surface area contributed by atoms with Crippen molar-refractivity contribution in [3.8, 4) is 0 Å². The fourth-order valence-corrected chi connectivity index (χ4v) is 3.11. The van der Waals surface area contributed by atoms with Crippen LogP contribution in [-0.2, 0) is 29.1 Å². The second kappa shape index (κ2) is 7.51. The van der Waals surface area contributed by atoms with Gasteiger partial charge in [-0.15, -0.1) is 0 Å². The van der Waals surface area contributed by atoms with Gasteiger partial charge in [-0.05, 0) is 31.9 Å². The van der Waals surface area contributed by atoms with Crippen molar-refractivity contribution in [3.05, 3.63) is 53.9 Å². The van der Waals surface area contributed by atoms with Crippen LogP contribution in [0.2, 0.25) is 0 Å². The van der Waals surface area contributed by atoms with Crippen LogP contribution < -0.4 is 0 Å². The number of carbonyl (C=O) groups excluding carboxylic acids is 2. The molecule has 25 heavy (non-hydrogen) atoms. The van der Waals surface area contributed by atoms with E-state index >= 15 is 0 Å². The van der Waals surface area contributed by atoms with Gasteiger partial charge in [0.05, 0.1) is 18.8 Å². The quantitative estimate of drug-likeness (QED) is 0.804. The zero-order valence-electron chi connectivity index (χ0n) is 14.8. The topological polar surface area (TPSA) is 58.4 Å². The zero-order chi connectivity index (χ0) is 17.8. The Kier molecular flexibility index (Phi) is 5.16. The van der Waals surface area contributed by atoms with Gasteiger partial charge >= 0.3 is 0 Å². The first-order valence-corrected chi connectivity index (χ1v) is 8.73. The van der Waals surface area contributed by atoms with Crippen LogP contribution in [0.4, 0.5) is 0 Å². The molecule has 3 rings (SSSR count). The minimum absolute atomic E-state index is 0.00505. The van der Waals surface area contributed by atoms with Gasteiger partial charge in [-0.3, -0.25) is 14.3 Å². The molecule has 2 aromatic rings. The van der Waals surface area contributed by atoms with Crippen molar-refractivity contribution < 1.29 is 9.59 Å². The molecule has 1 aromatic carbocycles. The molecule has 6 heteroatoms. The van der Waals surface area contributed by atoms with Crippen molar-refractivity contribution >= 4 is 11.8 Å². The Balaban J connectivity index is 1.62. The lowest BCUT2D eigenvalue weighted by Gasteiger charge is -2.38. The van der Waals surface area contributed by atoms with Crippen molar-refractivity contribution in [1.29, 1.82) is 0 Å². The van der Waals surface area contributed by atoms with Crippen molar-refractivity contribution in [2.45, 2.75) is 39.4 Å². The third-order valence-corrected chi connectivity index (χ3v) is 4.65. The normalized spacial score (nSPS) is 18.1. The van der Waals surface area contributed by atoms with E-state index in [0.717, 1.165) is 18.7 Å². The molecule has 1 aliphatic heterocycles. The van der Waals surface area contributed by atoms with E-state index in [0.29, 0.717) is 13.1 Å². The van der Waals surface area contributed by atoms with Gasteiger partial charge in [-0.1, -0.05) is 30.3 Å². The Labute approximate surface area is 148 Å². The molecular weight excluding hydrogens is 316 g/mol. The van der Waals surface area contributed by atoms with Crippen molar-refractivity contribution in [1.82, 2.24) is 19.6 Å². The largest absolute Gasteiger partial charge is 0.331 e. The van der Waals surface area contributed by atoms with E-state index in [1.54, 1.807) is 16.7 Å².